The third-order valence-electron chi connectivity index (χ3n) is 5.28. The molecule has 1 amide bonds. The highest BCUT2D eigenvalue weighted by atomic mass is 32.2. The van der Waals surface area contributed by atoms with Crippen LogP contribution in [0, 0.1) is 0 Å². The van der Waals surface area contributed by atoms with Crippen molar-refractivity contribution in [2.45, 2.75) is 0 Å². The van der Waals surface area contributed by atoms with E-state index in [9.17, 15) is 13.2 Å². The predicted molar refractivity (Wildman–Crippen MR) is 117 cm³/mol. The van der Waals surface area contributed by atoms with Crippen molar-refractivity contribution in [3.63, 3.8) is 0 Å². The number of hydrogen-bond donors (Lipinski definition) is 0. The molecular weight excluding hydrogens is 406 g/mol. The van der Waals surface area contributed by atoms with E-state index in [0.29, 0.717) is 43.2 Å². The average Bonchev–Trinajstić information content (AvgIpc) is 2.77. The second kappa shape index (κ2) is 8.83. The molecule has 162 valence electrons. The van der Waals surface area contributed by atoms with Crippen LogP contribution in [-0.4, -0.2) is 72.9 Å². The van der Waals surface area contributed by atoms with Crippen LogP contribution in [0.5, 0.6) is 11.5 Å². The van der Waals surface area contributed by atoms with E-state index in [2.05, 4.69) is 4.90 Å². The fraction of sp³-hybridized carbons (Fsp3) is 0.381. The first-order valence-corrected chi connectivity index (χ1v) is 11.4. The van der Waals surface area contributed by atoms with Crippen molar-refractivity contribution < 1.29 is 22.7 Å². The normalized spacial score (nSPS) is 14.4. The maximum absolute atomic E-state index is 13.2. The molecule has 0 unspecified atom stereocenters. The minimum Gasteiger partial charge on any atom is -0.497 e. The molecule has 30 heavy (non-hydrogen) atoms. The van der Waals surface area contributed by atoms with Crippen molar-refractivity contribution >= 4 is 27.3 Å². The second-order valence-corrected chi connectivity index (χ2v) is 9.11. The summed E-state index contributed by atoms with van der Waals surface area (Å²) in [6.07, 6.45) is 1.12. The van der Waals surface area contributed by atoms with Crippen LogP contribution in [0.3, 0.4) is 0 Å². The largest absolute Gasteiger partial charge is 0.497 e. The van der Waals surface area contributed by atoms with E-state index < -0.39 is 10.0 Å². The van der Waals surface area contributed by atoms with Crippen LogP contribution in [0.4, 0.5) is 11.4 Å². The summed E-state index contributed by atoms with van der Waals surface area (Å²) in [5, 5.41) is 0. The molecule has 1 saturated heterocycles. The number of sulfonamides is 1. The lowest BCUT2D eigenvalue weighted by molar-refractivity contribution is 0.0743. The van der Waals surface area contributed by atoms with Gasteiger partial charge in [0.05, 0.1) is 31.7 Å². The van der Waals surface area contributed by atoms with E-state index in [1.165, 1.54) is 14.2 Å². The SMILES string of the molecule is COc1ccc(N2CCN(C(=O)c3cc(N(C)S(C)(=O)=O)ccc3OC)CC2)cc1. The Morgan fingerprint density at radius 3 is 2.13 bits per heavy atom. The molecule has 9 heteroatoms. The molecule has 0 saturated carbocycles. The Bertz CT molecular complexity index is 1000. The molecule has 0 aliphatic carbocycles. The summed E-state index contributed by atoms with van der Waals surface area (Å²) in [5.74, 6) is 1.05. The Morgan fingerprint density at radius 2 is 1.60 bits per heavy atom. The van der Waals surface area contributed by atoms with Crippen molar-refractivity contribution in [3.8, 4) is 11.5 Å². The molecule has 0 aromatic heterocycles. The summed E-state index contributed by atoms with van der Waals surface area (Å²) < 4.78 is 35.4. The molecule has 1 aliphatic rings. The van der Waals surface area contributed by atoms with Crippen LogP contribution in [0.2, 0.25) is 0 Å². The number of piperazine rings is 1. The number of hydrogen-bond acceptors (Lipinski definition) is 6. The molecule has 2 aromatic rings. The summed E-state index contributed by atoms with van der Waals surface area (Å²) >= 11 is 0. The van der Waals surface area contributed by atoms with Gasteiger partial charge in [-0.05, 0) is 42.5 Å². The zero-order chi connectivity index (χ0) is 21.9. The minimum absolute atomic E-state index is 0.176. The number of carbonyl (C=O) groups excluding carboxylic acids is 1. The van der Waals surface area contributed by atoms with Crippen molar-refractivity contribution in [1.82, 2.24) is 4.90 Å². The van der Waals surface area contributed by atoms with Crippen LogP contribution in [0.1, 0.15) is 10.4 Å². The third-order valence-corrected chi connectivity index (χ3v) is 6.48. The minimum atomic E-state index is -3.43. The summed E-state index contributed by atoms with van der Waals surface area (Å²) in [6, 6.07) is 12.7. The van der Waals surface area contributed by atoms with Gasteiger partial charge in [-0.15, -0.1) is 0 Å². The van der Waals surface area contributed by atoms with Gasteiger partial charge in [0.2, 0.25) is 10.0 Å². The van der Waals surface area contributed by atoms with E-state index in [1.54, 1.807) is 30.2 Å². The number of methoxy groups -OCH3 is 2. The quantitative estimate of drug-likeness (QED) is 0.694. The Morgan fingerprint density at radius 1 is 0.967 bits per heavy atom. The summed E-state index contributed by atoms with van der Waals surface area (Å²) in [6.45, 7) is 2.51. The molecule has 0 spiro atoms. The van der Waals surface area contributed by atoms with Crippen LogP contribution in [0.25, 0.3) is 0 Å². The van der Waals surface area contributed by atoms with Crippen molar-refractivity contribution in [2.24, 2.45) is 0 Å². The highest BCUT2D eigenvalue weighted by Gasteiger charge is 2.26. The maximum atomic E-state index is 13.2. The number of nitrogens with zero attached hydrogens (tertiary/aromatic N) is 3. The molecule has 8 nitrogen and oxygen atoms in total. The molecule has 0 bridgehead atoms. The molecule has 1 aliphatic heterocycles. The van der Waals surface area contributed by atoms with Gasteiger partial charge < -0.3 is 19.3 Å². The van der Waals surface area contributed by atoms with E-state index in [-0.39, 0.29) is 5.91 Å². The van der Waals surface area contributed by atoms with Gasteiger partial charge in [-0.2, -0.15) is 0 Å². The van der Waals surface area contributed by atoms with E-state index in [0.717, 1.165) is 22.0 Å². The molecule has 2 aromatic carbocycles. The molecule has 0 atom stereocenters. The van der Waals surface area contributed by atoms with Crippen molar-refractivity contribution in [2.75, 3.05) is 62.9 Å². The first kappa shape index (κ1) is 21.8. The number of benzene rings is 2. The monoisotopic (exact) mass is 433 g/mol. The smallest absolute Gasteiger partial charge is 0.257 e. The van der Waals surface area contributed by atoms with Crippen molar-refractivity contribution in [1.29, 1.82) is 0 Å². The van der Waals surface area contributed by atoms with E-state index in [4.69, 9.17) is 9.47 Å². The van der Waals surface area contributed by atoms with Gasteiger partial charge in [0, 0.05) is 38.9 Å². The number of carbonyl (C=O) groups is 1. The average molecular weight is 434 g/mol. The maximum Gasteiger partial charge on any atom is 0.257 e. The van der Waals surface area contributed by atoms with Gasteiger partial charge in [0.1, 0.15) is 11.5 Å². The highest BCUT2D eigenvalue weighted by Crippen LogP contribution is 2.28. The van der Waals surface area contributed by atoms with E-state index in [1.807, 2.05) is 24.3 Å². The van der Waals surface area contributed by atoms with Crippen LogP contribution in [0.15, 0.2) is 42.5 Å². The fourth-order valence-electron chi connectivity index (χ4n) is 3.38. The Balaban J connectivity index is 1.75. The standard InChI is InChI=1S/C21H27N3O5S/c1-22(30(4,26)27)17-7-10-20(29-3)19(15-17)21(25)24-13-11-23(12-14-24)16-5-8-18(28-2)9-6-16/h5-10,15H,11-14H2,1-4H3. The van der Waals surface area contributed by atoms with E-state index >= 15 is 0 Å². The Kier molecular flexibility index (Phi) is 6.40. The van der Waals surface area contributed by atoms with Gasteiger partial charge in [-0.1, -0.05) is 0 Å². The Hall–Kier alpha value is -2.94. The lowest BCUT2D eigenvalue weighted by atomic mass is 10.1. The summed E-state index contributed by atoms with van der Waals surface area (Å²) in [5.41, 5.74) is 1.85. The lowest BCUT2D eigenvalue weighted by Crippen LogP contribution is -2.48. The van der Waals surface area contributed by atoms with Crippen LogP contribution >= 0.6 is 0 Å². The second-order valence-electron chi connectivity index (χ2n) is 7.09. The number of amides is 1. The van der Waals surface area contributed by atoms with Gasteiger partial charge in [-0.25, -0.2) is 8.42 Å². The molecule has 3 rings (SSSR count). The van der Waals surface area contributed by atoms with Gasteiger partial charge in [0.25, 0.3) is 5.91 Å². The fourth-order valence-corrected chi connectivity index (χ4v) is 3.88. The van der Waals surface area contributed by atoms with Crippen LogP contribution in [-0.2, 0) is 10.0 Å². The van der Waals surface area contributed by atoms with Gasteiger partial charge >= 0.3 is 0 Å². The third kappa shape index (κ3) is 4.62. The zero-order valence-corrected chi connectivity index (χ0v) is 18.5. The summed E-state index contributed by atoms with van der Waals surface area (Å²) in [4.78, 5) is 17.2. The molecule has 1 fully saturated rings. The van der Waals surface area contributed by atoms with Gasteiger partial charge in [-0.3, -0.25) is 9.10 Å². The molecule has 1 heterocycles. The first-order valence-electron chi connectivity index (χ1n) is 9.55. The summed E-state index contributed by atoms with van der Waals surface area (Å²) in [7, 11) is 1.15. The molecule has 0 radical (unpaired) electrons. The highest BCUT2D eigenvalue weighted by molar-refractivity contribution is 7.92. The Labute approximate surface area is 177 Å². The van der Waals surface area contributed by atoms with Crippen molar-refractivity contribution in [3.05, 3.63) is 48.0 Å². The topological polar surface area (TPSA) is 79.4 Å². The zero-order valence-electron chi connectivity index (χ0n) is 17.7. The van der Waals surface area contributed by atoms with Crippen LogP contribution < -0.4 is 18.7 Å². The predicted octanol–water partition coefficient (Wildman–Crippen LogP) is 2.06. The lowest BCUT2D eigenvalue weighted by Gasteiger charge is -2.36. The van der Waals surface area contributed by atoms with Gasteiger partial charge in [0.15, 0.2) is 0 Å². The number of anilines is 2. The molecular formula is C21H27N3O5S. The number of rotatable bonds is 6. The molecule has 0 N–H and O–H groups in total. The number of ether oxygens (including phenoxy) is 2. The first-order chi connectivity index (χ1) is 14.2.